The van der Waals surface area contributed by atoms with Crippen molar-refractivity contribution in [3.05, 3.63) is 140 Å². The lowest BCUT2D eigenvalue weighted by Gasteiger charge is -2.32. The van der Waals surface area contributed by atoms with Crippen LogP contribution in [0.25, 0.3) is 0 Å². The van der Waals surface area contributed by atoms with Crippen LogP contribution in [0.5, 0.6) is 17.2 Å². The largest absolute Gasteiger partial charge is 0.492 e. The fraction of sp³-hybridized carbons (Fsp3) is 0.205. The summed E-state index contributed by atoms with van der Waals surface area (Å²) in [4.78, 5) is 59.2. The first kappa shape index (κ1) is 40.6. The van der Waals surface area contributed by atoms with Gasteiger partial charge in [0, 0.05) is 17.6 Å². The standard InChI is InChI=1S/C39H41N3O11/c1-6-27(4)48-24-21-40-36(45)51-31-15-9-28(10-16-31)39(5,29-11-17-32(18-12-29)52-37(46)41-22-25-49-34(43)7-2)30-13-19-33(20-14-30)53-38(47)42-23-26-50-35(44)8-3/h6-20H,1-4,21-26H2,5H3,(H,40,45)(H,41,46)(H,42,47). The molecule has 0 bridgehead atoms. The van der Waals surface area contributed by atoms with E-state index in [0.29, 0.717) is 11.5 Å². The van der Waals surface area contributed by atoms with E-state index in [9.17, 15) is 24.0 Å². The monoisotopic (exact) mass is 727 g/mol. The van der Waals surface area contributed by atoms with Crippen molar-refractivity contribution < 1.29 is 52.4 Å². The van der Waals surface area contributed by atoms with Crippen molar-refractivity contribution in [3.8, 4) is 17.2 Å². The third-order valence-corrected chi connectivity index (χ3v) is 7.38. The molecule has 0 aliphatic heterocycles. The van der Waals surface area contributed by atoms with Gasteiger partial charge in [-0.2, -0.15) is 0 Å². The van der Waals surface area contributed by atoms with Gasteiger partial charge in [0.15, 0.2) is 0 Å². The third-order valence-electron chi connectivity index (χ3n) is 7.38. The van der Waals surface area contributed by atoms with Crippen molar-refractivity contribution in [3.63, 3.8) is 0 Å². The second-order valence-electron chi connectivity index (χ2n) is 10.9. The lowest BCUT2D eigenvalue weighted by molar-refractivity contribution is -0.138. The van der Waals surface area contributed by atoms with Crippen LogP contribution in [0.1, 0.15) is 23.6 Å². The summed E-state index contributed by atoms with van der Waals surface area (Å²) in [6, 6.07) is 20.7. The highest BCUT2D eigenvalue weighted by Gasteiger charge is 2.31. The smallest absolute Gasteiger partial charge is 0.412 e. The van der Waals surface area contributed by atoms with Gasteiger partial charge in [-0.25, -0.2) is 24.0 Å². The first-order valence-corrected chi connectivity index (χ1v) is 16.2. The average molecular weight is 728 g/mol. The van der Waals surface area contributed by atoms with Crippen LogP contribution < -0.4 is 30.2 Å². The number of esters is 2. The van der Waals surface area contributed by atoms with Gasteiger partial charge in [-0.05, 0) is 66.1 Å². The third kappa shape index (κ3) is 13.1. The molecule has 3 N–H and O–H groups in total. The Morgan fingerprint density at radius 2 is 0.830 bits per heavy atom. The second kappa shape index (κ2) is 20.7. The predicted octanol–water partition coefficient (Wildman–Crippen LogP) is 5.48. The molecule has 3 aromatic rings. The molecule has 0 aromatic heterocycles. The molecule has 0 saturated carbocycles. The van der Waals surface area contributed by atoms with Gasteiger partial charge in [0.1, 0.15) is 42.8 Å². The fourth-order valence-corrected chi connectivity index (χ4v) is 4.62. The first-order valence-electron chi connectivity index (χ1n) is 16.2. The molecule has 0 aliphatic rings. The van der Waals surface area contributed by atoms with Gasteiger partial charge in [0.05, 0.1) is 19.6 Å². The van der Waals surface area contributed by atoms with E-state index in [1.807, 2.05) is 19.1 Å². The summed E-state index contributed by atoms with van der Waals surface area (Å²) in [7, 11) is 0. The van der Waals surface area contributed by atoms with E-state index >= 15 is 0 Å². The number of carbonyl (C=O) groups is 5. The Bertz CT molecular complexity index is 1560. The molecule has 0 atom stereocenters. The summed E-state index contributed by atoms with van der Waals surface area (Å²) in [6.07, 6.45) is 1.37. The van der Waals surface area contributed by atoms with Gasteiger partial charge in [0.25, 0.3) is 0 Å². The van der Waals surface area contributed by atoms with Crippen LogP contribution in [0.4, 0.5) is 14.4 Å². The Labute approximate surface area is 307 Å². The molecule has 0 saturated heterocycles. The Morgan fingerprint density at radius 3 is 1.11 bits per heavy atom. The summed E-state index contributed by atoms with van der Waals surface area (Å²) in [5.74, 6) is 0.00831. The maximum atomic E-state index is 12.3. The molecule has 0 radical (unpaired) electrons. The van der Waals surface area contributed by atoms with Gasteiger partial charge < -0.3 is 44.4 Å². The van der Waals surface area contributed by atoms with Gasteiger partial charge in [0.2, 0.25) is 0 Å². The first-order chi connectivity index (χ1) is 25.5. The number of rotatable bonds is 19. The van der Waals surface area contributed by atoms with E-state index in [1.54, 1.807) is 60.7 Å². The fourth-order valence-electron chi connectivity index (χ4n) is 4.62. The molecule has 0 spiro atoms. The number of carbonyl (C=O) groups excluding carboxylic acids is 5. The zero-order valence-corrected chi connectivity index (χ0v) is 29.2. The Kier molecular flexibility index (Phi) is 15.9. The maximum absolute atomic E-state index is 12.3. The molecular formula is C39H41N3O11. The molecule has 14 heteroatoms. The number of hydrogen-bond donors (Lipinski definition) is 3. The second-order valence-corrected chi connectivity index (χ2v) is 10.9. The highest BCUT2D eigenvalue weighted by Crippen LogP contribution is 2.40. The average Bonchev–Trinajstić information content (AvgIpc) is 3.17. The van der Waals surface area contributed by atoms with Crippen LogP contribution in [-0.4, -0.2) is 69.7 Å². The minimum Gasteiger partial charge on any atom is -0.492 e. The van der Waals surface area contributed by atoms with Crippen molar-refractivity contribution in [2.75, 3.05) is 39.5 Å². The molecule has 53 heavy (non-hydrogen) atoms. The van der Waals surface area contributed by atoms with E-state index in [-0.39, 0.29) is 51.0 Å². The molecule has 3 rings (SSSR count). The zero-order valence-electron chi connectivity index (χ0n) is 29.2. The predicted molar refractivity (Wildman–Crippen MR) is 195 cm³/mol. The molecule has 0 fully saturated rings. The van der Waals surface area contributed by atoms with Gasteiger partial charge in [-0.3, -0.25) is 0 Å². The van der Waals surface area contributed by atoms with Gasteiger partial charge in [-0.1, -0.05) is 62.7 Å². The van der Waals surface area contributed by atoms with Crippen molar-refractivity contribution in [2.24, 2.45) is 0 Å². The number of ether oxygens (including phenoxy) is 6. The van der Waals surface area contributed by atoms with Crippen LogP contribution in [0, 0.1) is 0 Å². The molecule has 3 amide bonds. The molecule has 0 unspecified atom stereocenters. The Morgan fingerprint density at radius 1 is 0.528 bits per heavy atom. The summed E-state index contributed by atoms with van der Waals surface area (Å²) in [5, 5.41) is 7.59. The van der Waals surface area contributed by atoms with Crippen LogP contribution in [0.3, 0.4) is 0 Å². The lowest BCUT2D eigenvalue weighted by atomic mass is 9.71. The van der Waals surface area contributed by atoms with Crippen molar-refractivity contribution in [1.29, 1.82) is 0 Å². The minimum atomic E-state index is -0.822. The van der Waals surface area contributed by atoms with E-state index in [2.05, 4.69) is 42.3 Å². The lowest BCUT2D eigenvalue weighted by Crippen LogP contribution is -2.30. The SMILES string of the molecule is C=CC(=C)OCCNC(=O)Oc1ccc(C(C)(c2ccc(OC(=O)NCCOC(=O)C=C)cc2)c2ccc(OC(=O)NCCOC(=O)C=C)cc2)cc1. The topological polar surface area (TPSA) is 177 Å². The van der Waals surface area contributed by atoms with Crippen LogP contribution in [0.15, 0.2) is 123 Å². The molecule has 0 aliphatic carbocycles. The highest BCUT2D eigenvalue weighted by atomic mass is 16.6. The molecular weight excluding hydrogens is 686 g/mol. The normalized spacial score (nSPS) is 10.4. The van der Waals surface area contributed by atoms with E-state index in [1.165, 1.54) is 6.08 Å². The molecule has 0 heterocycles. The van der Waals surface area contributed by atoms with Crippen molar-refractivity contribution >= 4 is 30.2 Å². The summed E-state index contributed by atoms with van der Waals surface area (Å²) >= 11 is 0. The number of allylic oxidation sites excluding steroid dienone is 1. The number of nitrogens with one attached hydrogen (secondary N) is 3. The minimum absolute atomic E-state index is 0.0444. The van der Waals surface area contributed by atoms with Gasteiger partial charge >= 0.3 is 30.2 Å². The Hall–Kier alpha value is -6.83. The number of benzene rings is 3. The van der Waals surface area contributed by atoms with Crippen LogP contribution >= 0.6 is 0 Å². The Balaban J connectivity index is 1.78. The quantitative estimate of drug-likeness (QED) is 0.0356. The summed E-state index contributed by atoms with van der Waals surface area (Å²) in [6.45, 7) is 16.2. The van der Waals surface area contributed by atoms with Crippen molar-refractivity contribution in [1.82, 2.24) is 16.0 Å². The van der Waals surface area contributed by atoms with Crippen LogP contribution in [-0.2, 0) is 29.2 Å². The molecule has 278 valence electrons. The zero-order chi connectivity index (χ0) is 38.6. The van der Waals surface area contributed by atoms with Crippen molar-refractivity contribution in [2.45, 2.75) is 12.3 Å². The van der Waals surface area contributed by atoms with E-state index in [4.69, 9.17) is 28.4 Å². The number of amides is 3. The number of hydrogen-bond acceptors (Lipinski definition) is 11. The molecule has 14 nitrogen and oxygen atoms in total. The van der Waals surface area contributed by atoms with Gasteiger partial charge in [-0.15, -0.1) is 0 Å². The summed E-state index contributed by atoms with van der Waals surface area (Å²) in [5.41, 5.74) is 1.59. The highest BCUT2D eigenvalue weighted by molar-refractivity contribution is 5.81. The maximum Gasteiger partial charge on any atom is 0.412 e. The van der Waals surface area contributed by atoms with Crippen LogP contribution in [0.2, 0.25) is 0 Å². The van der Waals surface area contributed by atoms with E-state index in [0.717, 1.165) is 28.8 Å². The molecule has 3 aromatic carbocycles. The summed E-state index contributed by atoms with van der Waals surface area (Å²) < 4.78 is 31.1. The van der Waals surface area contributed by atoms with E-state index < -0.39 is 35.6 Å².